The lowest BCUT2D eigenvalue weighted by Crippen LogP contribution is -2.25. The molecule has 7 nitrogen and oxygen atoms in total. The van der Waals surface area contributed by atoms with Gasteiger partial charge in [-0.05, 0) is 16.3 Å². The first-order valence-corrected chi connectivity index (χ1v) is 6.03. The molecule has 0 atom stereocenters. The van der Waals surface area contributed by atoms with E-state index in [-0.39, 0.29) is 11.6 Å². The highest BCUT2D eigenvalue weighted by molar-refractivity contribution is 7.09. The first kappa shape index (κ1) is 10.9. The SMILES string of the molecule is Cc1c(-c2nnc(Cc3cccs3)o2)no[n+]1[O-]. The molecule has 0 unspecified atom stereocenters. The number of nitrogens with zero attached hydrogens (tertiary/aromatic N) is 4. The van der Waals surface area contributed by atoms with Crippen molar-refractivity contribution in [1.29, 1.82) is 0 Å². The molecule has 3 aromatic heterocycles. The minimum atomic E-state index is 0.192. The number of aromatic nitrogens is 4. The van der Waals surface area contributed by atoms with Gasteiger partial charge in [-0.15, -0.1) is 21.5 Å². The maximum atomic E-state index is 11.1. The number of thiophene rings is 1. The summed E-state index contributed by atoms with van der Waals surface area (Å²) in [5, 5.41) is 24.4. The molecule has 3 heterocycles. The molecule has 0 aliphatic rings. The largest absolute Gasteiger partial charge is 0.417 e. The Morgan fingerprint density at radius 3 is 3.00 bits per heavy atom. The van der Waals surface area contributed by atoms with E-state index in [1.165, 1.54) is 0 Å². The van der Waals surface area contributed by atoms with Crippen molar-refractivity contribution < 1.29 is 13.9 Å². The van der Waals surface area contributed by atoms with Gasteiger partial charge in [0.05, 0.1) is 11.6 Å². The van der Waals surface area contributed by atoms with Gasteiger partial charge in [0.25, 0.3) is 5.89 Å². The molecule has 0 saturated carbocycles. The summed E-state index contributed by atoms with van der Waals surface area (Å²) in [5.41, 5.74) is 0.566. The van der Waals surface area contributed by atoms with Crippen LogP contribution >= 0.6 is 11.3 Å². The van der Waals surface area contributed by atoms with Crippen molar-refractivity contribution in [1.82, 2.24) is 15.4 Å². The van der Waals surface area contributed by atoms with Crippen LogP contribution in [0.5, 0.6) is 0 Å². The molecule has 92 valence electrons. The summed E-state index contributed by atoms with van der Waals surface area (Å²) in [7, 11) is 0. The maximum absolute atomic E-state index is 11.1. The molecule has 0 N–H and O–H groups in total. The Labute approximate surface area is 105 Å². The highest BCUT2D eigenvalue weighted by atomic mass is 32.1. The number of hydrogen-bond acceptors (Lipinski definition) is 7. The molecule has 0 aliphatic carbocycles. The van der Waals surface area contributed by atoms with Crippen LogP contribution in [0.1, 0.15) is 16.5 Å². The van der Waals surface area contributed by atoms with Crippen LogP contribution in [-0.4, -0.2) is 15.4 Å². The number of hydrogen-bond donors (Lipinski definition) is 0. The van der Waals surface area contributed by atoms with Gasteiger partial charge in [0.2, 0.25) is 11.6 Å². The minimum absolute atomic E-state index is 0.192. The fourth-order valence-corrected chi connectivity index (χ4v) is 2.16. The molecule has 0 saturated heterocycles. The minimum Gasteiger partial charge on any atom is -0.417 e. The standard InChI is InChI=1S/C10H8N4O3S/c1-6-9(13-17-14(6)15)10-12-11-8(16-10)5-7-3-2-4-18-7/h2-4H,5H2,1H3. The Bertz CT molecular complexity index is 659. The fraction of sp³-hybridized carbons (Fsp3) is 0.200. The zero-order valence-electron chi connectivity index (χ0n) is 9.36. The Morgan fingerprint density at radius 2 is 2.33 bits per heavy atom. The van der Waals surface area contributed by atoms with Gasteiger partial charge < -0.3 is 9.62 Å². The molecule has 0 fully saturated rings. The summed E-state index contributed by atoms with van der Waals surface area (Å²) >= 11 is 1.61. The van der Waals surface area contributed by atoms with Gasteiger partial charge in [0.1, 0.15) is 0 Å². The van der Waals surface area contributed by atoms with E-state index in [0.717, 1.165) is 4.88 Å². The Kier molecular flexibility index (Phi) is 2.56. The van der Waals surface area contributed by atoms with Crippen molar-refractivity contribution in [2.24, 2.45) is 0 Å². The average molecular weight is 264 g/mol. The van der Waals surface area contributed by atoms with Crippen molar-refractivity contribution in [3.63, 3.8) is 0 Å². The van der Waals surface area contributed by atoms with Crippen molar-refractivity contribution in [3.8, 4) is 11.6 Å². The van der Waals surface area contributed by atoms with Crippen LogP contribution in [0, 0.1) is 12.1 Å². The summed E-state index contributed by atoms with van der Waals surface area (Å²) in [6.45, 7) is 1.57. The molecule has 18 heavy (non-hydrogen) atoms. The van der Waals surface area contributed by atoms with E-state index in [0.29, 0.717) is 22.9 Å². The summed E-state index contributed by atoms with van der Waals surface area (Å²) in [5.74, 6) is 0.671. The second-order valence-corrected chi connectivity index (χ2v) is 4.65. The zero-order valence-corrected chi connectivity index (χ0v) is 10.2. The van der Waals surface area contributed by atoms with Gasteiger partial charge in [-0.1, -0.05) is 6.07 Å². The molecule has 8 heteroatoms. The van der Waals surface area contributed by atoms with Crippen LogP contribution < -0.4 is 4.90 Å². The van der Waals surface area contributed by atoms with Gasteiger partial charge in [0.15, 0.2) is 0 Å². The summed E-state index contributed by atoms with van der Waals surface area (Å²) in [4.78, 5) is 1.43. The molecular weight excluding hydrogens is 256 g/mol. The summed E-state index contributed by atoms with van der Waals surface area (Å²) < 4.78 is 9.90. The van der Waals surface area contributed by atoms with Crippen molar-refractivity contribution in [2.75, 3.05) is 0 Å². The van der Waals surface area contributed by atoms with Crippen LogP contribution in [0.15, 0.2) is 26.6 Å². The van der Waals surface area contributed by atoms with Gasteiger partial charge in [-0.2, -0.15) is 0 Å². The van der Waals surface area contributed by atoms with E-state index in [2.05, 4.69) is 20.0 Å². The molecule has 0 spiro atoms. The molecule has 0 aromatic carbocycles. The van der Waals surface area contributed by atoms with Crippen molar-refractivity contribution >= 4 is 11.3 Å². The average Bonchev–Trinajstić information content (AvgIpc) is 3.05. The highest BCUT2D eigenvalue weighted by Crippen LogP contribution is 2.19. The van der Waals surface area contributed by atoms with E-state index in [9.17, 15) is 5.21 Å². The first-order valence-electron chi connectivity index (χ1n) is 5.15. The quantitative estimate of drug-likeness (QED) is 0.662. The van der Waals surface area contributed by atoms with Gasteiger partial charge >= 0.3 is 5.69 Å². The van der Waals surface area contributed by atoms with Gasteiger partial charge in [0, 0.05) is 11.8 Å². The molecule has 3 aromatic rings. The Balaban J connectivity index is 1.87. The molecule has 0 amide bonds. The molecule has 0 bridgehead atoms. The predicted octanol–water partition coefficient (Wildman–Crippen LogP) is 1.32. The lowest BCUT2D eigenvalue weighted by molar-refractivity contribution is -0.806. The number of rotatable bonds is 3. The summed E-state index contributed by atoms with van der Waals surface area (Å²) in [6, 6.07) is 3.95. The van der Waals surface area contributed by atoms with Crippen molar-refractivity contribution in [2.45, 2.75) is 13.3 Å². The zero-order chi connectivity index (χ0) is 12.5. The van der Waals surface area contributed by atoms with Gasteiger partial charge in [-0.25, -0.2) is 0 Å². The van der Waals surface area contributed by atoms with E-state index in [1.807, 2.05) is 17.5 Å². The molecular formula is C10H8N4O3S. The third kappa shape index (κ3) is 1.86. The van der Waals surface area contributed by atoms with Crippen molar-refractivity contribution in [3.05, 3.63) is 39.2 Å². The maximum Gasteiger partial charge on any atom is 0.307 e. The normalized spacial score (nSPS) is 10.9. The molecule has 0 aliphatic heterocycles. The highest BCUT2D eigenvalue weighted by Gasteiger charge is 2.22. The second-order valence-electron chi connectivity index (χ2n) is 3.62. The third-order valence-electron chi connectivity index (χ3n) is 2.40. The Hall–Kier alpha value is -2.22. The van der Waals surface area contributed by atoms with E-state index >= 15 is 0 Å². The predicted molar refractivity (Wildman–Crippen MR) is 60.6 cm³/mol. The van der Waals surface area contributed by atoms with Crippen LogP contribution in [0.4, 0.5) is 0 Å². The molecule has 3 rings (SSSR count). The van der Waals surface area contributed by atoms with E-state index < -0.39 is 0 Å². The van der Waals surface area contributed by atoms with Crippen LogP contribution in [0.3, 0.4) is 0 Å². The first-order chi connectivity index (χ1) is 8.74. The van der Waals surface area contributed by atoms with E-state index in [1.54, 1.807) is 18.3 Å². The van der Waals surface area contributed by atoms with Gasteiger partial charge in [-0.3, -0.25) is 4.63 Å². The smallest absolute Gasteiger partial charge is 0.307 e. The van der Waals surface area contributed by atoms with Crippen LogP contribution in [0.25, 0.3) is 11.6 Å². The Morgan fingerprint density at radius 1 is 1.44 bits per heavy atom. The van der Waals surface area contributed by atoms with E-state index in [4.69, 9.17) is 4.42 Å². The lowest BCUT2D eigenvalue weighted by atomic mass is 10.3. The van der Waals surface area contributed by atoms with Crippen LogP contribution in [-0.2, 0) is 6.42 Å². The topological polar surface area (TPSA) is 91.9 Å². The fourth-order valence-electron chi connectivity index (χ4n) is 1.47. The lowest BCUT2D eigenvalue weighted by Gasteiger charge is -1.88. The summed E-state index contributed by atoms with van der Waals surface area (Å²) in [6.07, 6.45) is 0.568. The monoisotopic (exact) mass is 264 g/mol. The second kappa shape index (κ2) is 4.22. The van der Waals surface area contributed by atoms with Crippen LogP contribution in [0.2, 0.25) is 0 Å². The third-order valence-corrected chi connectivity index (χ3v) is 3.27. The molecule has 0 radical (unpaired) electrons.